The van der Waals surface area contributed by atoms with E-state index < -0.39 is 56.9 Å². The highest BCUT2D eigenvalue weighted by Crippen LogP contribution is 2.21. The van der Waals surface area contributed by atoms with Crippen molar-refractivity contribution < 1.29 is 42.7 Å². The molecule has 1 rings (SSSR count). The normalized spacial score (nSPS) is 11.1. The van der Waals surface area contributed by atoms with Gasteiger partial charge in [-0.3, -0.25) is 9.35 Å². The standard InChI is InChI=1S/C11H10O9S/c12-9(13)3-6-7(10(14)15)1-5(4-21(18,19)20)2-8(6)11(16)17/h1-2H,3-4H2,(H,12,13)(H,14,15)(H,16,17)(H,18,19,20). The van der Waals surface area contributed by atoms with Gasteiger partial charge in [-0.05, 0) is 23.3 Å². The molecule has 0 aromatic heterocycles. The Kier molecular flexibility index (Phi) is 4.66. The molecule has 9 nitrogen and oxygen atoms in total. The zero-order chi connectivity index (χ0) is 16.4. The fourth-order valence-corrected chi connectivity index (χ4v) is 2.34. The van der Waals surface area contributed by atoms with Crippen molar-refractivity contribution in [3.63, 3.8) is 0 Å². The van der Waals surface area contributed by atoms with Crippen LogP contribution < -0.4 is 0 Å². The van der Waals surface area contributed by atoms with Crippen molar-refractivity contribution in [3.05, 3.63) is 34.4 Å². The van der Waals surface area contributed by atoms with Crippen molar-refractivity contribution in [1.29, 1.82) is 0 Å². The first-order valence-electron chi connectivity index (χ1n) is 5.30. The Labute approximate surface area is 118 Å². The van der Waals surface area contributed by atoms with Gasteiger partial charge in [0, 0.05) is 0 Å². The van der Waals surface area contributed by atoms with E-state index in [4.69, 9.17) is 19.9 Å². The summed E-state index contributed by atoms with van der Waals surface area (Å²) in [4.78, 5) is 32.9. The summed E-state index contributed by atoms with van der Waals surface area (Å²) in [5.74, 6) is -5.64. The molecule has 0 fully saturated rings. The summed E-state index contributed by atoms with van der Waals surface area (Å²) in [7, 11) is -4.50. The summed E-state index contributed by atoms with van der Waals surface area (Å²) >= 11 is 0. The molecule has 0 heterocycles. The van der Waals surface area contributed by atoms with Gasteiger partial charge >= 0.3 is 17.9 Å². The number of carboxylic acid groups (broad SMARTS) is 3. The lowest BCUT2D eigenvalue weighted by Gasteiger charge is -2.11. The van der Waals surface area contributed by atoms with Crippen molar-refractivity contribution in [2.24, 2.45) is 0 Å². The van der Waals surface area contributed by atoms with Crippen LogP contribution in [-0.2, 0) is 27.1 Å². The molecular formula is C11H10O9S. The SMILES string of the molecule is O=C(O)Cc1c(C(=O)O)cc(CS(=O)(=O)O)cc1C(=O)O. The molecule has 0 spiro atoms. The predicted octanol–water partition coefficient (Wildman–Crippen LogP) is 0.0979. The zero-order valence-corrected chi connectivity index (χ0v) is 11.1. The summed E-state index contributed by atoms with van der Waals surface area (Å²) in [5.41, 5.74) is -2.02. The Morgan fingerprint density at radius 1 is 0.952 bits per heavy atom. The highest BCUT2D eigenvalue weighted by Gasteiger charge is 2.23. The number of aromatic carboxylic acids is 2. The van der Waals surface area contributed by atoms with Gasteiger partial charge in [-0.2, -0.15) is 8.42 Å². The molecular weight excluding hydrogens is 308 g/mol. The quantitative estimate of drug-likeness (QED) is 0.532. The summed E-state index contributed by atoms with van der Waals surface area (Å²) in [5, 5.41) is 26.7. The van der Waals surface area contributed by atoms with E-state index in [0.717, 1.165) is 12.1 Å². The second-order valence-corrected chi connectivity index (χ2v) is 5.53. The number of aliphatic carboxylic acids is 1. The average Bonchev–Trinajstić information content (AvgIpc) is 2.27. The molecule has 0 unspecified atom stereocenters. The molecule has 0 amide bonds. The molecule has 0 aliphatic rings. The molecule has 0 radical (unpaired) electrons. The lowest BCUT2D eigenvalue weighted by molar-refractivity contribution is -0.136. The first-order valence-corrected chi connectivity index (χ1v) is 6.91. The Balaban J connectivity index is 3.59. The van der Waals surface area contributed by atoms with Crippen molar-refractivity contribution in [2.75, 3.05) is 0 Å². The average molecular weight is 318 g/mol. The minimum Gasteiger partial charge on any atom is -0.481 e. The van der Waals surface area contributed by atoms with Gasteiger partial charge < -0.3 is 15.3 Å². The highest BCUT2D eigenvalue weighted by molar-refractivity contribution is 7.85. The van der Waals surface area contributed by atoms with Gasteiger partial charge in [-0.15, -0.1) is 0 Å². The monoisotopic (exact) mass is 318 g/mol. The second-order valence-electron chi connectivity index (χ2n) is 4.08. The van der Waals surface area contributed by atoms with E-state index in [-0.39, 0.29) is 5.56 Å². The smallest absolute Gasteiger partial charge is 0.336 e. The van der Waals surface area contributed by atoms with Crippen LogP contribution in [0.15, 0.2) is 12.1 Å². The van der Waals surface area contributed by atoms with Gasteiger partial charge in [0.25, 0.3) is 10.1 Å². The van der Waals surface area contributed by atoms with Crippen LogP contribution in [0.3, 0.4) is 0 Å². The molecule has 0 bridgehead atoms. The Hall–Kier alpha value is -2.46. The van der Waals surface area contributed by atoms with E-state index in [1.165, 1.54) is 0 Å². The van der Waals surface area contributed by atoms with Crippen LogP contribution in [0.5, 0.6) is 0 Å². The third-order valence-electron chi connectivity index (χ3n) is 2.45. The summed E-state index contributed by atoms with van der Waals surface area (Å²) in [6.07, 6.45) is -0.852. The minimum atomic E-state index is -4.50. The van der Waals surface area contributed by atoms with Crippen LogP contribution in [-0.4, -0.2) is 46.2 Å². The van der Waals surface area contributed by atoms with Gasteiger partial charge in [0.05, 0.1) is 17.5 Å². The van der Waals surface area contributed by atoms with Crippen molar-refractivity contribution in [1.82, 2.24) is 0 Å². The summed E-state index contributed by atoms with van der Waals surface area (Å²) in [6.45, 7) is 0. The van der Waals surface area contributed by atoms with Crippen molar-refractivity contribution in [3.8, 4) is 0 Å². The van der Waals surface area contributed by atoms with Crippen LogP contribution in [0.25, 0.3) is 0 Å². The fraction of sp³-hybridized carbons (Fsp3) is 0.182. The summed E-state index contributed by atoms with van der Waals surface area (Å²) in [6, 6.07) is 1.64. The first kappa shape index (κ1) is 16.6. The lowest BCUT2D eigenvalue weighted by Crippen LogP contribution is -2.15. The largest absolute Gasteiger partial charge is 0.481 e. The van der Waals surface area contributed by atoms with Gasteiger partial charge in [-0.25, -0.2) is 9.59 Å². The molecule has 4 N–H and O–H groups in total. The van der Waals surface area contributed by atoms with Crippen LogP contribution >= 0.6 is 0 Å². The number of carboxylic acids is 3. The fourth-order valence-electron chi connectivity index (χ4n) is 1.75. The number of benzene rings is 1. The highest BCUT2D eigenvalue weighted by atomic mass is 32.2. The minimum absolute atomic E-state index is 0.276. The summed E-state index contributed by atoms with van der Waals surface area (Å²) < 4.78 is 30.3. The second kappa shape index (κ2) is 5.89. The van der Waals surface area contributed by atoms with Crippen LogP contribution in [0.1, 0.15) is 31.8 Å². The van der Waals surface area contributed by atoms with Crippen LogP contribution in [0.4, 0.5) is 0 Å². The molecule has 0 saturated carbocycles. The Morgan fingerprint density at radius 2 is 1.38 bits per heavy atom. The zero-order valence-electron chi connectivity index (χ0n) is 10.3. The molecule has 0 saturated heterocycles. The molecule has 0 aliphatic heterocycles. The van der Waals surface area contributed by atoms with E-state index in [1.807, 2.05) is 0 Å². The van der Waals surface area contributed by atoms with Gasteiger partial charge in [0.2, 0.25) is 0 Å². The third-order valence-corrected chi connectivity index (χ3v) is 3.15. The number of rotatable bonds is 6. The molecule has 1 aromatic carbocycles. The van der Waals surface area contributed by atoms with Crippen molar-refractivity contribution in [2.45, 2.75) is 12.2 Å². The molecule has 0 aliphatic carbocycles. The predicted molar refractivity (Wildman–Crippen MR) is 67.0 cm³/mol. The number of hydrogen-bond acceptors (Lipinski definition) is 5. The van der Waals surface area contributed by atoms with Gasteiger partial charge in [0.1, 0.15) is 5.75 Å². The maximum Gasteiger partial charge on any atom is 0.336 e. The molecule has 0 atom stereocenters. The Morgan fingerprint density at radius 3 is 1.67 bits per heavy atom. The van der Waals surface area contributed by atoms with Crippen molar-refractivity contribution >= 4 is 28.0 Å². The van der Waals surface area contributed by atoms with Crippen LogP contribution in [0, 0.1) is 0 Å². The molecule has 114 valence electrons. The van der Waals surface area contributed by atoms with E-state index >= 15 is 0 Å². The number of carbonyl (C=O) groups is 3. The topological polar surface area (TPSA) is 166 Å². The van der Waals surface area contributed by atoms with E-state index in [1.54, 1.807) is 0 Å². The van der Waals surface area contributed by atoms with E-state index in [0.29, 0.717) is 0 Å². The molecule has 1 aromatic rings. The maximum atomic E-state index is 11.1. The van der Waals surface area contributed by atoms with E-state index in [2.05, 4.69) is 0 Å². The van der Waals surface area contributed by atoms with Gasteiger partial charge in [-0.1, -0.05) is 0 Å². The van der Waals surface area contributed by atoms with E-state index in [9.17, 15) is 22.8 Å². The lowest BCUT2D eigenvalue weighted by atomic mass is 9.95. The van der Waals surface area contributed by atoms with Crippen LogP contribution in [0.2, 0.25) is 0 Å². The molecule has 21 heavy (non-hydrogen) atoms. The Bertz CT molecular complexity index is 682. The third kappa shape index (κ3) is 4.54. The maximum absolute atomic E-state index is 11.1. The first-order chi connectivity index (χ1) is 9.51. The molecule has 10 heteroatoms. The van der Waals surface area contributed by atoms with Gasteiger partial charge in [0.15, 0.2) is 0 Å². The number of hydrogen-bond donors (Lipinski definition) is 4.